The van der Waals surface area contributed by atoms with Gasteiger partial charge in [-0.2, -0.15) is 5.26 Å². The molecule has 0 radical (unpaired) electrons. The van der Waals surface area contributed by atoms with E-state index in [4.69, 9.17) is 5.26 Å². The van der Waals surface area contributed by atoms with Crippen LogP contribution in [0.5, 0.6) is 0 Å². The lowest BCUT2D eigenvalue weighted by atomic mass is 9.89. The van der Waals surface area contributed by atoms with Crippen LogP contribution in [0.4, 0.5) is 9.18 Å². The zero-order chi connectivity index (χ0) is 19.6. The summed E-state index contributed by atoms with van der Waals surface area (Å²) < 4.78 is 13.9. The molecule has 2 N–H and O–H groups in total. The van der Waals surface area contributed by atoms with Gasteiger partial charge < -0.3 is 10.2 Å². The number of nitriles is 1. The summed E-state index contributed by atoms with van der Waals surface area (Å²) >= 11 is 0. The highest BCUT2D eigenvalue weighted by Gasteiger charge is 2.48. The molecule has 2 saturated heterocycles. The van der Waals surface area contributed by atoms with E-state index in [9.17, 15) is 18.8 Å². The van der Waals surface area contributed by atoms with Crippen LogP contribution in [0.2, 0.25) is 0 Å². The van der Waals surface area contributed by atoms with Crippen LogP contribution in [0.1, 0.15) is 24.0 Å². The van der Waals surface area contributed by atoms with Gasteiger partial charge in [-0.3, -0.25) is 19.8 Å². The van der Waals surface area contributed by atoms with E-state index < -0.39 is 17.4 Å². The Bertz CT molecular complexity index is 837. The number of rotatable bonds is 4. The summed E-state index contributed by atoms with van der Waals surface area (Å²) in [6.45, 7) is 0.975. The number of carbonyl (C=O) groups is 3. The summed E-state index contributed by atoms with van der Waals surface area (Å²) in [5.74, 6) is -1.08. The highest BCUT2D eigenvalue weighted by atomic mass is 19.1. The highest BCUT2D eigenvalue weighted by molar-refractivity contribution is 6.07. The van der Waals surface area contributed by atoms with Crippen molar-refractivity contribution in [2.75, 3.05) is 26.7 Å². The second kappa shape index (κ2) is 7.32. The number of nitrogens with zero attached hydrogens (tertiary/aromatic N) is 3. The van der Waals surface area contributed by atoms with Gasteiger partial charge in [-0.1, -0.05) is 0 Å². The second-order valence-electron chi connectivity index (χ2n) is 6.97. The fraction of sp³-hybridized carbons (Fsp3) is 0.444. The van der Waals surface area contributed by atoms with Crippen LogP contribution in [0, 0.1) is 17.1 Å². The smallest absolute Gasteiger partial charge is 0.322 e. The molecule has 1 aromatic rings. The standard InChI is InChI=1S/C18H20FN5O3/c1-23(9-13-7-12(8-20)3-4-14(13)19)15(25)10-24-6-2-5-18(11-24)16(26)21-17(27)22-18/h3-4,7H,2,5-6,9-11H2,1H3,(H2,21,22,26,27)/t18-/m1/s1. The van der Waals surface area contributed by atoms with Crippen molar-refractivity contribution >= 4 is 17.8 Å². The molecule has 8 nitrogen and oxygen atoms in total. The minimum Gasteiger partial charge on any atom is -0.340 e. The van der Waals surface area contributed by atoms with E-state index >= 15 is 0 Å². The molecule has 27 heavy (non-hydrogen) atoms. The third-order valence-electron chi connectivity index (χ3n) is 4.95. The molecule has 2 aliphatic rings. The molecular formula is C18H20FN5O3. The Kier molecular flexibility index (Phi) is 5.10. The predicted octanol–water partition coefficient (Wildman–Crippen LogP) is 0.330. The molecule has 3 rings (SSSR count). The van der Waals surface area contributed by atoms with Gasteiger partial charge in [-0.25, -0.2) is 9.18 Å². The molecule has 2 fully saturated rings. The van der Waals surface area contributed by atoms with Gasteiger partial charge in [0.25, 0.3) is 5.91 Å². The molecule has 2 heterocycles. The monoisotopic (exact) mass is 373 g/mol. The number of likely N-dealkylation sites (tertiary alicyclic amines) is 1. The summed E-state index contributed by atoms with van der Waals surface area (Å²) in [4.78, 5) is 39.3. The molecule has 1 spiro atoms. The minimum absolute atomic E-state index is 0.0381. The van der Waals surface area contributed by atoms with Crippen LogP contribution in [-0.4, -0.2) is 59.9 Å². The number of carbonyl (C=O) groups excluding carboxylic acids is 3. The minimum atomic E-state index is -0.985. The first-order chi connectivity index (χ1) is 12.8. The largest absolute Gasteiger partial charge is 0.340 e. The Morgan fingerprint density at radius 3 is 2.89 bits per heavy atom. The molecule has 0 unspecified atom stereocenters. The molecule has 0 aromatic heterocycles. The molecule has 0 aliphatic carbocycles. The van der Waals surface area contributed by atoms with Gasteiger partial charge in [-0.15, -0.1) is 0 Å². The van der Waals surface area contributed by atoms with E-state index in [1.807, 2.05) is 11.0 Å². The van der Waals surface area contributed by atoms with Gasteiger partial charge in [0.15, 0.2) is 0 Å². The lowest BCUT2D eigenvalue weighted by Gasteiger charge is -2.38. The maximum Gasteiger partial charge on any atom is 0.322 e. The Balaban J connectivity index is 1.62. The number of amides is 4. The van der Waals surface area contributed by atoms with Gasteiger partial charge in [0.1, 0.15) is 11.4 Å². The lowest BCUT2D eigenvalue weighted by molar-refractivity contribution is -0.134. The van der Waals surface area contributed by atoms with Crippen molar-refractivity contribution in [3.8, 4) is 6.07 Å². The highest BCUT2D eigenvalue weighted by Crippen LogP contribution is 2.24. The van der Waals surface area contributed by atoms with E-state index in [1.165, 1.54) is 23.1 Å². The fourth-order valence-electron chi connectivity index (χ4n) is 3.52. The number of hydrogen-bond donors (Lipinski definition) is 2. The first-order valence-corrected chi connectivity index (χ1v) is 8.61. The van der Waals surface area contributed by atoms with Crippen LogP contribution in [0.3, 0.4) is 0 Å². The molecule has 1 atom stereocenters. The molecular weight excluding hydrogens is 353 g/mol. The molecule has 142 valence electrons. The number of imide groups is 1. The van der Waals surface area contributed by atoms with E-state index in [0.29, 0.717) is 24.9 Å². The zero-order valence-electron chi connectivity index (χ0n) is 14.9. The van der Waals surface area contributed by atoms with Crippen molar-refractivity contribution in [1.82, 2.24) is 20.4 Å². The molecule has 2 aliphatic heterocycles. The summed E-state index contributed by atoms with van der Waals surface area (Å²) in [7, 11) is 1.56. The molecule has 1 aromatic carbocycles. The van der Waals surface area contributed by atoms with Crippen LogP contribution < -0.4 is 10.6 Å². The normalized spacial score (nSPS) is 22.3. The maximum atomic E-state index is 13.9. The van der Waals surface area contributed by atoms with Gasteiger partial charge in [-0.05, 0) is 37.6 Å². The van der Waals surface area contributed by atoms with Crippen LogP contribution in [0.15, 0.2) is 18.2 Å². The van der Waals surface area contributed by atoms with Gasteiger partial charge >= 0.3 is 6.03 Å². The van der Waals surface area contributed by atoms with E-state index in [1.54, 1.807) is 7.05 Å². The van der Waals surface area contributed by atoms with Gasteiger partial charge in [0.05, 0.1) is 18.2 Å². The lowest BCUT2D eigenvalue weighted by Crippen LogP contribution is -2.59. The quantitative estimate of drug-likeness (QED) is 0.740. The number of nitrogens with one attached hydrogen (secondary N) is 2. The number of halogens is 1. The first kappa shape index (κ1) is 18.8. The summed E-state index contributed by atoms with van der Waals surface area (Å²) in [6.07, 6.45) is 1.20. The van der Waals surface area contributed by atoms with Crippen LogP contribution in [-0.2, 0) is 16.1 Å². The van der Waals surface area contributed by atoms with Crippen molar-refractivity contribution in [3.63, 3.8) is 0 Å². The maximum absolute atomic E-state index is 13.9. The fourth-order valence-corrected chi connectivity index (χ4v) is 3.52. The summed E-state index contributed by atoms with van der Waals surface area (Å²) in [6, 6.07) is 5.45. The molecule has 9 heteroatoms. The SMILES string of the molecule is CN(Cc1cc(C#N)ccc1F)C(=O)CN1CCC[C@]2(C1)NC(=O)NC2=O. The van der Waals surface area contributed by atoms with Crippen molar-refractivity contribution in [3.05, 3.63) is 35.1 Å². The Morgan fingerprint density at radius 1 is 1.44 bits per heavy atom. The average Bonchev–Trinajstić information content (AvgIpc) is 2.89. The Morgan fingerprint density at radius 2 is 2.22 bits per heavy atom. The van der Waals surface area contributed by atoms with E-state index in [2.05, 4.69) is 10.6 Å². The van der Waals surface area contributed by atoms with E-state index in [0.717, 1.165) is 0 Å². The number of urea groups is 1. The summed E-state index contributed by atoms with van der Waals surface area (Å²) in [5, 5.41) is 13.8. The van der Waals surface area contributed by atoms with Crippen LogP contribution >= 0.6 is 0 Å². The number of hydrogen-bond acceptors (Lipinski definition) is 5. The first-order valence-electron chi connectivity index (χ1n) is 8.61. The Labute approximate surface area is 155 Å². The number of piperidine rings is 1. The molecule has 4 amide bonds. The third-order valence-corrected chi connectivity index (χ3v) is 4.95. The molecule has 0 bridgehead atoms. The topological polar surface area (TPSA) is 106 Å². The van der Waals surface area contributed by atoms with Gasteiger partial charge in [0.2, 0.25) is 5.91 Å². The van der Waals surface area contributed by atoms with E-state index in [-0.39, 0.29) is 37.0 Å². The number of likely N-dealkylation sites (N-methyl/N-ethyl adjacent to an activating group) is 1. The third kappa shape index (κ3) is 3.90. The summed E-state index contributed by atoms with van der Waals surface area (Å²) in [5.41, 5.74) is -0.392. The van der Waals surface area contributed by atoms with Gasteiger partial charge in [0, 0.05) is 25.7 Å². The van der Waals surface area contributed by atoms with Crippen molar-refractivity contribution in [2.24, 2.45) is 0 Å². The molecule has 0 saturated carbocycles. The zero-order valence-corrected chi connectivity index (χ0v) is 14.9. The van der Waals surface area contributed by atoms with Crippen LogP contribution in [0.25, 0.3) is 0 Å². The predicted molar refractivity (Wildman–Crippen MR) is 92.7 cm³/mol. The second-order valence-corrected chi connectivity index (χ2v) is 6.97. The Hall–Kier alpha value is -2.99. The van der Waals surface area contributed by atoms with Crippen molar-refractivity contribution < 1.29 is 18.8 Å². The average molecular weight is 373 g/mol. The van der Waals surface area contributed by atoms with Crippen molar-refractivity contribution in [2.45, 2.75) is 24.9 Å². The number of benzene rings is 1. The van der Waals surface area contributed by atoms with Crippen molar-refractivity contribution in [1.29, 1.82) is 5.26 Å².